The van der Waals surface area contributed by atoms with Crippen LogP contribution in [0.15, 0.2) is 35.2 Å². The molecule has 0 spiro atoms. The van der Waals surface area contributed by atoms with Gasteiger partial charge < -0.3 is 5.32 Å². The van der Waals surface area contributed by atoms with Gasteiger partial charge in [-0.25, -0.2) is 21.6 Å². The Morgan fingerprint density at radius 1 is 1.07 bits per heavy atom. The number of rotatable bonds is 5. The fraction of sp³-hybridized carbons (Fsp3) is 0.450. The SMILES string of the molecule is O=C(Nc1ccc(S(=O)(=O)N[C@@H]2CCS(=O)(=O)C2)cc1)c1cc2c(s1)CCCCC2. The van der Waals surface area contributed by atoms with E-state index in [1.165, 1.54) is 52.5 Å². The van der Waals surface area contributed by atoms with Crippen LogP contribution in [0.1, 0.15) is 45.8 Å². The van der Waals surface area contributed by atoms with Gasteiger partial charge in [0.25, 0.3) is 5.91 Å². The van der Waals surface area contributed by atoms with Crippen molar-refractivity contribution in [1.82, 2.24) is 4.72 Å². The van der Waals surface area contributed by atoms with Gasteiger partial charge in [-0.15, -0.1) is 11.3 Å². The molecular weight excluding hydrogens is 444 g/mol. The van der Waals surface area contributed by atoms with Crippen molar-refractivity contribution in [2.45, 2.75) is 49.5 Å². The van der Waals surface area contributed by atoms with Gasteiger partial charge in [-0.1, -0.05) is 6.42 Å². The van der Waals surface area contributed by atoms with E-state index in [2.05, 4.69) is 10.0 Å². The van der Waals surface area contributed by atoms with E-state index in [1.54, 1.807) is 0 Å². The highest BCUT2D eigenvalue weighted by molar-refractivity contribution is 7.92. The summed E-state index contributed by atoms with van der Waals surface area (Å²) in [5, 5.41) is 2.82. The first-order valence-electron chi connectivity index (χ1n) is 9.98. The maximum atomic E-state index is 12.6. The van der Waals surface area contributed by atoms with Crippen molar-refractivity contribution in [1.29, 1.82) is 0 Å². The molecule has 2 aromatic rings. The molecule has 1 amide bonds. The minimum Gasteiger partial charge on any atom is -0.321 e. The number of sulfone groups is 1. The number of amides is 1. The molecule has 1 aromatic carbocycles. The number of hydrogen-bond acceptors (Lipinski definition) is 6. The molecule has 0 bridgehead atoms. The first-order valence-corrected chi connectivity index (χ1v) is 14.1. The quantitative estimate of drug-likeness (QED) is 0.656. The molecule has 1 aliphatic heterocycles. The van der Waals surface area contributed by atoms with E-state index >= 15 is 0 Å². The lowest BCUT2D eigenvalue weighted by Gasteiger charge is -2.12. The Bertz CT molecular complexity index is 1130. The maximum absolute atomic E-state index is 12.6. The lowest BCUT2D eigenvalue weighted by atomic mass is 10.1. The van der Waals surface area contributed by atoms with Gasteiger partial charge in [0.05, 0.1) is 21.3 Å². The monoisotopic (exact) mass is 468 g/mol. The number of carbonyl (C=O) groups excluding carboxylic acids is 1. The Morgan fingerprint density at radius 3 is 2.50 bits per heavy atom. The second-order valence-electron chi connectivity index (χ2n) is 7.82. The van der Waals surface area contributed by atoms with Crippen molar-refractivity contribution >= 4 is 42.8 Å². The van der Waals surface area contributed by atoms with Crippen LogP contribution in [-0.4, -0.2) is 40.3 Å². The Labute approximate surface area is 180 Å². The van der Waals surface area contributed by atoms with Gasteiger partial charge in [-0.2, -0.15) is 0 Å². The fourth-order valence-electron chi connectivity index (χ4n) is 3.86. The van der Waals surface area contributed by atoms with Crippen molar-refractivity contribution in [3.63, 3.8) is 0 Å². The van der Waals surface area contributed by atoms with Crippen molar-refractivity contribution < 1.29 is 21.6 Å². The average molecular weight is 469 g/mol. The topological polar surface area (TPSA) is 109 Å². The summed E-state index contributed by atoms with van der Waals surface area (Å²) >= 11 is 1.53. The van der Waals surface area contributed by atoms with Crippen LogP contribution in [0.5, 0.6) is 0 Å². The van der Waals surface area contributed by atoms with Crippen LogP contribution in [-0.2, 0) is 32.7 Å². The molecule has 10 heteroatoms. The summed E-state index contributed by atoms with van der Waals surface area (Å²) in [7, 11) is -7.00. The van der Waals surface area contributed by atoms with E-state index in [9.17, 15) is 21.6 Å². The summed E-state index contributed by atoms with van der Waals surface area (Å²) in [6, 6.07) is 7.26. The molecule has 2 N–H and O–H groups in total. The summed E-state index contributed by atoms with van der Waals surface area (Å²) in [5.74, 6) is -0.374. The minimum absolute atomic E-state index is 0.00267. The number of hydrogen-bond donors (Lipinski definition) is 2. The number of aryl methyl sites for hydroxylation is 2. The molecular formula is C20H24N2O5S3. The molecule has 1 atom stereocenters. The number of nitrogens with one attached hydrogen (secondary N) is 2. The smallest absolute Gasteiger partial charge is 0.265 e. The summed E-state index contributed by atoms with van der Waals surface area (Å²) in [5.41, 5.74) is 1.77. The van der Waals surface area contributed by atoms with E-state index in [1.807, 2.05) is 6.07 Å². The molecule has 4 rings (SSSR count). The highest BCUT2D eigenvalue weighted by Crippen LogP contribution is 2.29. The highest BCUT2D eigenvalue weighted by Gasteiger charge is 2.31. The molecule has 2 aliphatic rings. The van der Waals surface area contributed by atoms with Crippen molar-refractivity contribution in [2.24, 2.45) is 0 Å². The lowest BCUT2D eigenvalue weighted by Crippen LogP contribution is -2.35. The zero-order valence-corrected chi connectivity index (χ0v) is 18.8. The van der Waals surface area contributed by atoms with Crippen LogP contribution in [0.3, 0.4) is 0 Å². The van der Waals surface area contributed by atoms with Crippen LogP contribution in [0.4, 0.5) is 5.69 Å². The molecule has 2 heterocycles. The maximum Gasteiger partial charge on any atom is 0.265 e. The molecule has 1 aromatic heterocycles. The zero-order valence-electron chi connectivity index (χ0n) is 16.4. The second-order valence-corrected chi connectivity index (χ2v) is 12.9. The first-order chi connectivity index (χ1) is 14.2. The summed E-state index contributed by atoms with van der Waals surface area (Å²) in [6.45, 7) is 0. The van der Waals surface area contributed by atoms with E-state index < -0.39 is 25.9 Å². The number of thiophene rings is 1. The van der Waals surface area contributed by atoms with Crippen molar-refractivity contribution in [3.05, 3.63) is 45.6 Å². The van der Waals surface area contributed by atoms with Crippen LogP contribution in [0.2, 0.25) is 0 Å². The Balaban J connectivity index is 1.41. The molecule has 0 unspecified atom stereocenters. The molecule has 7 nitrogen and oxygen atoms in total. The van der Waals surface area contributed by atoms with Gasteiger partial charge in [0.15, 0.2) is 9.84 Å². The molecule has 1 saturated heterocycles. The third kappa shape index (κ3) is 4.93. The first kappa shape index (κ1) is 21.5. The zero-order chi connectivity index (χ0) is 21.4. The third-order valence-corrected chi connectivity index (χ3v) is 9.99. The minimum atomic E-state index is -3.82. The summed E-state index contributed by atoms with van der Waals surface area (Å²) < 4.78 is 50.5. The third-order valence-electron chi connectivity index (χ3n) is 5.45. The van der Waals surface area contributed by atoms with Gasteiger partial charge in [-0.3, -0.25) is 4.79 Å². The second kappa shape index (κ2) is 8.41. The number of anilines is 1. The van der Waals surface area contributed by atoms with Crippen LogP contribution >= 0.6 is 11.3 Å². The molecule has 1 aliphatic carbocycles. The molecule has 1 fully saturated rings. The molecule has 30 heavy (non-hydrogen) atoms. The van der Waals surface area contributed by atoms with Crippen LogP contribution in [0.25, 0.3) is 0 Å². The lowest BCUT2D eigenvalue weighted by molar-refractivity contribution is 0.103. The number of carbonyl (C=O) groups is 1. The van der Waals surface area contributed by atoms with Gasteiger partial charge >= 0.3 is 0 Å². The number of fused-ring (bicyclic) bond motifs is 1. The Kier molecular flexibility index (Phi) is 6.02. The summed E-state index contributed by atoms with van der Waals surface area (Å²) in [6.07, 6.45) is 5.85. The van der Waals surface area contributed by atoms with E-state index in [0.29, 0.717) is 10.6 Å². The Hall–Kier alpha value is -1.75. The van der Waals surface area contributed by atoms with E-state index in [4.69, 9.17) is 0 Å². The van der Waals surface area contributed by atoms with Gasteiger partial charge in [-0.05, 0) is 68.0 Å². The predicted molar refractivity (Wildman–Crippen MR) is 117 cm³/mol. The molecule has 0 radical (unpaired) electrons. The van der Waals surface area contributed by atoms with Crippen LogP contribution < -0.4 is 10.0 Å². The van der Waals surface area contributed by atoms with E-state index in [0.717, 1.165) is 25.7 Å². The van der Waals surface area contributed by atoms with Gasteiger partial charge in [0.2, 0.25) is 10.0 Å². The van der Waals surface area contributed by atoms with Gasteiger partial charge in [0.1, 0.15) is 0 Å². The molecule has 0 saturated carbocycles. The fourth-order valence-corrected chi connectivity index (χ4v) is 8.06. The molecule has 162 valence electrons. The average Bonchev–Trinajstić information content (AvgIpc) is 3.17. The van der Waals surface area contributed by atoms with Crippen molar-refractivity contribution in [2.75, 3.05) is 16.8 Å². The standard InChI is InChI=1S/C20H24N2O5S3/c23-20(19-12-14-4-2-1-3-5-18(14)28-19)21-15-6-8-17(9-7-15)30(26,27)22-16-10-11-29(24,25)13-16/h6-9,12,16,22H,1-5,10-11,13H2,(H,21,23)/t16-/m1/s1. The largest absolute Gasteiger partial charge is 0.321 e. The number of benzene rings is 1. The highest BCUT2D eigenvalue weighted by atomic mass is 32.2. The summed E-state index contributed by atoms with van der Waals surface area (Å²) in [4.78, 5) is 14.6. The normalized spacial score (nSPS) is 21.0. The van der Waals surface area contributed by atoms with Crippen molar-refractivity contribution in [3.8, 4) is 0 Å². The Morgan fingerprint density at radius 2 is 1.80 bits per heavy atom. The van der Waals surface area contributed by atoms with Crippen LogP contribution in [0, 0.1) is 0 Å². The predicted octanol–water partition coefficient (Wildman–Crippen LogP) is 2.73. The van der Waals surface area contributed by atoms with Gasteiger partial charge in [0, 0.05) is 16.6 Å². The number of sulfonamides is 1. The van der Waals surface area contributed by atoms with E-state index in [-0.39, 0.29) is 28.7 Å².